The normalized spacial score (nSPS) is 9.60. The second-order valence-electron chi connectivity index (χ2n) is 3.69. The summed E-state index contributed by atoms with van der Waals surface area (Å²) < 4.78 is 0. The van der Waals surface area contributed by atoms with Crippen molar-refractivity contribution in [3.8, 4) is 11.5 Å². The summed E-state index contributed by atoms with van der Waals surface area (Å²) in [6.45, 7) is 0. The predicted octanol–water partition coefficient (Wildman–Crippen LogP) is 2.21. The first-order valence-electron chi connectivity index (χ1n) is 5.16. The number of phenols is 2. The lowest BCUT2D eigenvalue weighted by atomic mass is 10.0. The number of carbonyl (C=O) groups excluding carboxylic acids is 1. The van der Waals surface area contributed by atoms with E-state index in [4.69, 9.17) is 0 Å². The van der Waals surface area contributed by atoms with Gasteiger partial charge in [-0.05, 0) is 18.2 Å². The molecular formula is C12H9BrN2O5. The monoisotopic (exact) mass is 340 g/mol. The minimum Gasteiger partial charge on any atom is -0.504 e. The highest BCUT2D eigenvalue weighted by Crippen LogP contribution is 2.36. The van der Waals surface area contributed by atoms with Gasteiger partial charge in [-0.15, -0.1) is 17.0 Å². The molecule has 0 aliphatic carbocycles. The maximum absolute atomic E-state index is 12.0. The Kier molecular flexibility index (Phi) is 4.76. The first kappa shape index (κ1) is 15.6. The van der Waals surface area contributed by atoms with Crippen molar-refractivity contribution in [3.63, 3.8) is 0 Å². The van der Waals surface area contributed by atoms with Gasteiger partial charge in [0.1, 0.15) is 0 Å². The largest absolute Gasteiger partial charge is 0.504 e. The maximum atomic E-state index is 12.0. The molecule has 8 heteroatoms. The van der Waals surface area contributed by atoms with Crippen LogP contribution in [0.5, 0.6) is 11.5 Å². The topological polar surface area (TPSA) is 114 Å². The molecule has 1 aromatic carbocycles. The van der Waals surface area contributed by atoms with Gasteiger partial charge >= 0.3 is 5.69 Å². The Morgan fingerprint density at radius 2 is 1.95 bits per heavy atom. The highest BCUT2D eigenvalue weighted by molar-refractivity contribution is 8.93. The van der Waals surface area contributed by atoms with E-state index in [2.05, 4.69) is 4.98 Å². The zero-order valence-electron chi connectivity index (χ0n) is 9.89. The van der Waals surface area contributed by atoms with Crippen molar-refractivity contribution < 1.29 is 19.9 Å². The Labute approximate surface area is 123 Å². The van der Waals surface area contributed by atoms with Gasteiger partial charge in [0.2, 0.25) is 5.75 Å². The van der Waals surface area contributed by atoms with Gasteiger partial charge in [-0.3, -0.25) is 19.9 Å². The number of ketones is 1. The van der Waals surface area contributed by atoms with E-state index < -0.39 is 27.9 Å². The molecule has 1 aromatic heterocycles. The Balaban J connectivity index is 0.00000200. The molecule has 1 heterocycles. The Hall–Kier alpha value is -2.48. The number of hydrogen-bond acceptors (Lipinski definition) is 6. The van der Waals surface area contributed by atoms with Crippen molar-refractivity contribution in [2.45, 2.75) is 0 Å². The number of nitro groups is 1. The summed E-state index contributed by atoms with van der Waals surface area (Å²) in [5, 5.41) is 29.4. The SMILES string of the molecule is Br.O=C(c1cccnc1)c1cc(O)c(O)c([N+](=O)[O-])c1. The van der Waals surface area contributed by atoms with Gasteiger partial charge in [-0.1, -0.05) is 0 Å². The van der Waals surface area contributed by atoms with Crippen LogP contribution in [0.15, 0.2) is 36.7 Å². The van der Waals surface area contributed by atoms with Crippen molar-refractivity contribution in [2.24, 2.45) is 0 Å². The van der Waals surface area contributed by atoms with E-state index in [0.29, 0.717) is 0 Å². The number of phenolic OH excluding ortho intramolecular Hbond substituents is 2. The number of nitrogens with zero attached hydrogens (tertiary/aromatic N) is 2. The van der Waals surface area contributed by atoms with E-state index >= 15 is 0 Å². The molecule has 0 atom stereocenters. The van der Waals surface area contributed by atoms with E-state index in [1.807, 2.05) is 0 Å². The van der Waals surface area contributed by atoms with E-state index in [1.54, 1.807) is 6.07 Å². The molecule has 2 N–H and O–H groups in total. The van der Waals surface area contributed by atoms with Crippen LogP contribution in [0.3, 0.4) is 0 Å². The number of aromatic nitrogens is 1. The van der Waals surface area contributed by atoms with Gasteiger partial charge in [0.15, 0.2) is 11.5 Å². The molecule has 0 amide bonds. The molecule has 20 heavy (non-hydrogen) atoms. The molecule has 0 unspecified atom stereocenters. The smallest absolute Gasteiger partial charge is 0.315 e. The van der Waals surface area contributed by atoms with Crippen molar-refractivity contribution in [1.29, 1.82) is 0 Å². The molecule has 2 aromatic rings. The molecule has 0 radical (unpaired) electrons. The molecule has 0 aliphatic rings. The van der Waals surface area contributed by atoms with Crippen LogP contribution in [-0.2, 0) is 0 Å². The third kappa shape index (κ3) is 2.91. The van der Waals surface area contributed by atoms with Gasteiger partial charge in [-0.2, -0.15) is 0 Å². The Morgan fingerprint density at radius 1 is 1.25 bits per heavy atom. The van der Waals surface area contributed by atoms with Crippen LogP contribution in [0.4, 0.5) is 5.69 Å². The average Bonchev–Trinajstić information content (AvgIpc) is 2.41. The second-order valence-corrected chi connectivity index (χ2v) is 3.69. The summed E-state index contributed by atoms with van der Waals surface area (Å²) in [6.07, 6.45) is 2.78. The average molecular weight is 341 g/mol. The van der Waals surface area contributed by atoms with Crippen LogP contribution in [0, 0.1) is 10.1 Å². The fourth-order valence-electron chi connectivity index (χ4n) is 1.54. The van der Waals surface area contributed by atoms with Crippen LogP contribution >= 0.6 is 17.0 Å². The van der Waals surface area contributed by atoms with Gasteiger partial charge in [0, 0.05) is 29.6 Å². The number of hydrogen-bond donors (Lipinski definition) is 2. The van der Waals surface area contributed by atoms with Crippen LogP contribution in [0.1, 0.15) is 15.9 Å². The van der Waals surface area contributed by atoms with Gasteiger partial charge in [0.05, 0.1) is 4.92 Å². The first-order chi connectivity index (χ1) is 9.00. The minimum atomic E-state index is -0.880. The molecule has 0 bridgehead atoms. The predicted molar refractivity (Wildman–Crippen MR) is 74.4 cm³/mol. The van der Waals surface area contributed by atoms with E-state index in [-0.39, 0.29) is 28.1 Å². The molecule has 104 valence electrons. The van der Waals surface area contributed by atoms with Crippen LogP contribution in [0.25, 0.3) is 0 Å². The number of pyridine rings is 1. The maximum Gasteiger partial charge on any atom is 0.315 e. The van der Waals surface area contributed by atoms with Gasteiger partial charge < -0.3 is 10.2 Å². The van der Waals surface area contributed by atoms with E-state index in [9.17, 15) is 25.1 Å². The van der Waals surface area contributed by atoms with Crippen molar-refractivity contribution in [1.82, 2.24) is 4.98 Å². The fraction of sp³-hybridized carbons (Fsp3) is 0. The highest BCUT2D eigenvalue weighted by atomic mass is 79.9. The Morgan fingerprint density at radius 3 is 2.50 bits per heavy atom. The molecule has 2 rings (SSSR count). The second kappa shape index (κ2) is 6.11. The number of halogens is 1. The number of benzene rings is 1. The molecule has 0 saturated carbocycles. The summed E-state index contributed by atoms with van der Waals surface area (Å²) in [5.74, 6) is -2.12. The number of rotatable bonds is 3. The van der Waals surface area contributed by atoms with Gasteiger partial charge in [-0.25, -0.2) is 0 Å². The Bertz CT molecular complexity index is 660. The quantitative estimate of drug-likeness (QED) is 0.383. The number of carbonyl (C=O) groups is 1. The first-order valence-corrected chi connectivity index (χ1v) is 5.16. The van der Waals surface area contributed by atoms with Crippen LogP contribution < -0.4 is 0 Å². The van der Waals surface area contributed by atoms with Crippen LogP contribution in [-0.4, -0.2) is 25.9 Å². The lowest BCUT2D eigenvalue weighted by Crippen LogP contribution is -2.02. The molecule has 0 fully saturated rings. The summed E-state index contributed by atoms with van der Waals surface area (Å²) in [5.41, 5.74) is -0.607. The van der Waals surface area contributed by atoms with Crippen LogP contribution in [0.2, 0.25) is 0 Å². The van der Waals surface area contributed by atoms with Crippen molar-refractivity contribution in [2.75, 3.05) is 0 Å². The zero-order chi connectivity index (χ0) is 14.0. The van der Waals surface area contributed by atoms with Crippen molar-refractivity contribution in [3.05, 3.63) is 57.9 Å². The molecule has 7 nitrogen and oxygen atoms in total. The third-order valence-corrected chi connectivity index (χ3v) is 2.45. The summed E-state index contributed by atoms with van der Waals surface area (Å²) in [6, 6.07) is 4.91. The third-order valence-electron chi connectivity index (χ3n) is 2.45. The summed E-state index contributed by atoms with van der Waals surface area (Å²) in [7, 11) is 0. The molecular weight excluding hydrogens is 332 g/mol. The summed E-state index contributed by atoms with van der Waals surface area (Å²) in [4.78, 5) is 25.6. The molecule has 0 spiro atoms. The lowest BCUT2D eigenvalue weighted by Gasteiger charge is -2.04. The van der Waals surface area contributed by atoms with E-state index in [1.165, 1.54) is 18.5 Å². The number of aromatic hydroxyl groups is 2. The minimum absolute atomic E-state index is 0. The number of nitro benzene ring substituents is 1. The fourth-order valence-corrected chi connectivity index (χ4v) is 1.54. The van der Waals surface area contributed by atoms with Gasteiger partial charge in [0.25, 0.3) is 0 Å². The van der Waals surface area contributed by atoms with Crippen molar-refractivity contribution >= 4 is 28.5 Å². The summed E-state index contributed by atoms with van der Waals surface area (Å²) >= 11 is 0. The zero-order valence-corrected chi connectivity index (χ0v) is 11.6. The molecule has 0 saturated heterocycles. The van der Waals surface area contributed by atoms with E-state index in [0.717, 1.165) is 12.1 Å². The highest BCUT2D eigenvalue weighted by Gasteiger charge is 2.22. The lowest BCUT2D eigenvalue weighted by molar-refractivity contribution is -0.386. The standard InChI is InChI=1S/C12H8N2O5.BrH/c15-10-5-8(4-9(12(10)17)14(18)19)11(16)7-2-1-3-13-6-7;/h1-6,15,17H;1H. The molecule has 0 aliphatic heterocycles.